The molecule has 0 radical (unpaired) electrons. The van der Waals surface area contributed by atoms with E-state index in [1.165, 1.54) is 5.56 Å². The highest BCUT2D eigenvalue weighted by atomic mass is 16.1. The Kier molecular flexibility index (Phi) is 3.20. The van der Waals surface area contributed by atoms with Crippen molar-refractivity contribution in [1.29, 1.82) is 0 Å². The van der Waals surface area contributed by atoms with Crippen molar-refractivity contribution in [1.82, 2.24) is 5.32 Å². The first kappa shape index (κ1) is 12.1. The topological polar surface area (TPSA) is 55.1 Å². The van der Waals surface area contributed by atoms with Crippen LogP contribution >= 0.6 is 0 Å². The minimum atomic E-state index is -0.143. The van der Waals surface area contributed by atoms with Gasteiger partial charge in [0.1, 0.15) is 0 Å². The van der Waals surface area contributed by atoms with E-state index in [0.29, 0.717) is 6.54 Å². The van der Waals surface area contributed by atoms with Crippen LogP contribution < -0.4 is 11.1 Å². The molecular weight excluding hydrogens is 212 g/mol. The Morgan fingerprint density at radius 3 is 2.53 bits per heavy atom. The van der Waals surface area contributed by atoms with Crippen molar-refractivity contribution in [2.24, 2.45) is 5.73 Å². The Morgan fingerprint density at radius 2 is 2.06 bits per heavy atom. The molecule has 1 fully saturated rings. The van der Waals surface area contributed by atoms with Crippen LogP contribution in [0.2, 0.25) is 0 Å². The summed E-state index contributed by atoms with van der Waals surface area (Å²) in [6.07, 6.45) is 3.16. The second-order valence-electron chi connectivity index (χ2n) is 5.09. The maximum absolute atomic E-state index is 12.1. The van der Waals surface area contributed by atoms with Gasteiger partial charge >= 0.3 is 0 Å². The van der Waals surface area contributed by atoms with E-state index in [2.05, 4.69) is 5.32 Å². The van der Waals surface area contributed by atoms with E-state index in [-0.39, 0.29) is 11.4 Å². The van der Waals surface area contributed by atoms with Gasteiger partial charge in [0, 0.05) is 12.1 Å². The molecule has 1 aromatic carbocycles. The summed E-state index contributed by atoms with van der Waals surface area (Å²) < 4.78 is 0. The van der Waals surface area contributed by atoms with Crippen LogP contribution in [0.25, 0.3) is 0 Å². The van der Waals surface area contributed by atoms with Gasteiger partial charge in [-0.15, -0.1) is 0 Å². The molecule has 1 aliphatic rings. The Balaban J connectivity index is 2.11. The summed E-state index contributed by atoms with van der Waals surface area (Å²) in [5.41, 5.74) is 8.67. The fourth-order valence-corrected chi connectivity index (χ4v) is 2.18. The van der Waals surface area contributed by atoms with E-state index in [0.717, 1.165) is 30.4 Å². The summed E-state index contributed by atoms with van der Waals surface area (Å²) in [6.45, 7) is 4.60. The first-order valence-electron chi connectivity index (χ1n) is 6.16. The van der Waals surface area contributed by atoms with Crippen molar-refractivity contribution in [3.8, 4) is 0 Å². The monoisotopic (exact) mass is 232 g/mol. The van der Waals surface area contributed by atoms with E-state index >= 15 is 0 Å². The number of nitrogens with two attached hydrogens (primary N) is 1. The molecule has 92 valence electrons. The fraction of sp³-hybridized carbons (Fsp3) is 0.500. The van der Waals surface area contributed by atoms with E-state index in [9.17, 15) is 4.79 Å². The molecule has 0 aliphatic heterocycles. The highest BCUT2D eigenvalue weighted by Gasteiger charge is 2.37. The third-order valence-electron chi connectivity index (χ3n) is 3.85. The molecule has 3 nitrogen and oxygen atoms in total. The second kappa shape index (κ2) is 4.49. The first-order chi connectivity index (χ1) is 8.06. The van der Waals surface area contributed by atoms with Crippen LogP contribution in [0.15, 0.2) is 18.2 Å². The lowest BCUT2D eigenvalue weighted by Gasteiger charge is -2.41. The Morgan fingerprint density at radius 1 is 1.35 bits per heavy atom. The van der Waals surface area contributed by atoms with Crippen molar-refractivity contribution in [2.75, 3.05) is 6.54 Å². The van der Waals surface area contributed by atoms with Crippen LogP contribution in [0.5, 0.6) is 0 Å². The number of carbonyl (C=O) groups excluding carboxylic acids is 1. The molecule has 3 heteroatoms. The standard InChI is InChI=1S/C14H20N2O/c1-10-4-5-12(8-11(10)2)13(17)16-14(9-15)6-3-7-14/h4-5,8H,3,6-7,9,15H2,1-2H3,(H,16,17). The molecular formula is C14H20N2O. The van der Waals surface area contributed by atoms with Gasteiger partial charge in [-0.25, -0.2) is 0 Å². The van der Waals surface area contributed by atoms with E-state index in [1.54, 1.807) is 0 Å². The molecule has 1 aromatic rings. The van der Waals surface area contributed by atoms with Crippen LogP contribution in [0.4, 0.5) is 0 Å². The molecule has 1 amide bonds. The van der Waals surface area contributed by atoms with Gasteiger partial charge in [-0.3, -0.25) is 4.79 Å². The summed E-state index contributed by atoms with van der Waals surface area (Å²) in [5, 5.41) is 3.08. The molecule has 0 bridgehead atoms. The van der Waals surface area contributed by atoms with Crippen LogP contribution in [0.3, 0.4) is 0 Å². The smallest absolute Gasteiger partial charge is 0.251 e. The number of carbonyl (C=O) groups is 1. The normalized spacial score (nSPS) is 17.4. The van der Waals surface area contributed by atoms with Gasteiger partial charge in [0.2, 0.25) is 0 Å². The zero-order chi connectivity index (χ0) is 12.5. The summed E-state index contributed by atoms with van der Waals surface area (Å²) in [7, 11) is 0. The number of hydrogen-bond donors (Lipinski definition) is 2. The molecule has 1 aliphatic carbocycles. The van der Waals surface area contributed by atoms with E-state index < -0.39 is 0 Å². The third kappa shape index (κ3) is 2.34. The summed E-state index contributed by atoms with van der Waals surface area (Å²) >= 11 is 0. The minimum Gasteiger partial charge on any atom is -0.345 e. The second-order valence-corrected chi connectivity index (χ2v) is 5.09. The molecule has 0 saturated heterocycles. The van der Waals surface area contributed by atoms with Crippen LogP contribution in [0, 0.1) is 13.8 Å². The number of aryl methyl sites for hydroxylation is 2. The maximum Gasteiger partial charge on any atom is 0.251 e. The highest BCUT2D eigenvalue weighted by Crippen LogP contribution is 2.30. The van der Waals surface area contributed by atoms with Crippen molar-refractivity contribution >= 4 is 5.91 Å². The molecule has 2 rings (SSSR count). The fourth-order valence-electron chi connectivity index (χ4n) is 2.18. The third-order valence-corrected chi connectivity index (χ3v) is 3.85. The van der Waals surface area contributed by atoms with E-state index in [4.69, 9.17) is 5.73 Å². The largest absolute Gasteiger partial charge is 0.345 e. The lowest BCUT2D eigenvalue weighted by atomic mass is 9.76. The molecule has 1 saturated carbocycles. The van der Waals surface area contributed by atoms with Crippen molar-refractivity contribution in [3.63, 3.8) is 0 Å². The van der Waals surface area contributed by atoms with Crippen molar-refractivity contribution in [3.05, 3.63) is 34.9 Å². The predicted octanol–water partition coefficient (Wildman–Crippen LogP) is 1.91. The molecule has 0 atom stereocenters. The van der Waals surface area contributed by atoms with Gasteiger partial charge in [-0.1, -0.05) is 6.07 Å². The number of amides is 1. The zero-order valence-corrected chi connectivity index (χ0v) is 10.5. The van der Waals surface area contributed by atoms with Gasteiger partial charge in [-0.2, -0.15) is 0 Å². The molecule has 0 unspecified atom stereocenters. The van der Waals surface area contributed by atoms with Crippen molar-refractivity contribution < 1.29 is 4.79 Å². The summed E-state index contributed by atoms with van der Waals surface area (Å²) in [6, 6.07) is 5.80. The highest BCUT2D eigenvalue weighted by molar-refractivity contribution is 5.95. The van der Waals surface area contributed by atoms with Crippen molar-refractivity contribution in [2.45, 2.75) is 38.6 Å². The van der Waals surface area contributed by atoms with E-state index in [1.807, 2.05) is 32.0 Å². The molecule has 0 heterocycles. The van der Waals surface area contributed by atoms with Crippen LogP contribution in [-0.4, -0.2) is 18.0 Å². The van der Waals surface area contributed by atoms with Gasteiger partial charge in [0.25, 0.3) is 5.91 Å². The minimum absolute atomic E-state index is 0.00162. The van der Waals surface area contributed by atoms with Gasteiger partial charge in [0.05, 0.1) is 5.54 Å². The lowest BCUT2D eigenvalue weighted by molar-refractivity contribution is 0.0837. The number of rotatable bonds is 3. The molecule has 17 heavy (non-hydrogen) atoms. The Hall–Kier alpha value is -1.35. The number of benzene rings is 1. The number of hydrogen-bond acceptors (Lipinski definition) is 2. The summed E-state index contributed by atoms with van der Waals surface area (Å²) in [4.78, 5) is 12.1. The molecule has 0 spiro atoms. The lowest BCUT2D eigenvalue weighted by Crippen LogP contribution is -2.58. The first-order valence-corrected chi connectivity index (χ1v) is 6.16. The van der Waals surface area contributed by atoms with Crippen LogP contribution in [0.1, 0.15) is 40.7 Å². The van der Waals surface area contributed by atoms with Gasteiger partial charge < -0.3 is 11.1 Å². The van der Waals surface area contributed by atoms with Gasteiger partial charge in [0.15, 0.2) is 0 Å². The quantitative estimate of drug-likeness (QED) is 0.836. The average Bonchev–Trinajstić information content (AvgIpc) is 2.27. The van der Waals surface area contributed by atoms with Crippen LogP contribution in [-0.2, 0) is 0 Å². The number of nitrogens with one attached hydrogen (secondary N) is 1. The van der Waals surface area contributed by atoms with Gasteiger partial charge in [-0.05, 0) is 56.4 Å². The Bertz CT molecular complexity index is 430. The Labute approximate surface area is 102 Å². The summed E-state index contributed by atoms with van der Waals surface area (Å²) in [5.74, 6) is -0.00162. The molecule has 0 aromatic heterocycles. The molecule has 3 N–H and O–H groups in total. The average molecular weight is 232 g/mol. The SMILES string of the molecule is Cc1ccc(C(=O)NC2(CN)CCC2)cc1C. The predicted molar refractivity (Wildman–Crippen MR) is 69.0 cm³/mol. The maximum atomic E-state index is 12.1. The zero-order valence-electron chi connectivity index (χ0n) is 10.5.